The van der Waals surface area contributed by atoms with E-state index in [1.807, 2.05) is 18.2 Å². The average Bonchev–Trinajstić information content (AvgIpc) is 2.76. The van der Waals surface area contributed by atoms with Crippen molar-refractivity contribution in [2.75, 3.05) is 25.1 Å². The predicted octanol–water partition coefficient (Wildman–Crippen LogP) is 2.82. The van der Waals surface area contributed by atoms with Crippen LogP contribution in [0.5, 0.6) is 5.75 Å². The van der Waals surface area contributed by atoms with E-state index in [0.29, 0.717) is 45.3 Å². The number of aliphatic hydroxyl groups is 1. The van der Waals surface area contributed by atoms with Crippen LogP contribution in [0.15, 0.2) is 18.2 Å². The molecule has 8 nitrogen and oxygen atoms in total. The minimum atomic E-state index is -0.379. The number of anilines is 1. The number of carbonyl (C=O) groups excluding carboxylic acids is 3. The fourth-order valence-corrected chi connectivity index (χ4v) is 4.38. The zero-order valence-corrected chi connectivity index (χ0v) is 18.8. The molecule has 2 N–H and O–H groups in total. The number of carbonyl (C=O) groups is 3. The number of fused-ring (bicyclic) bond motifs is 1. The summed E-state index contributed by atoms with van der Waals surface area (Å²) in [6, 6.07) is 5.67. The fourth-order valence-electron chi connectivity index (χ4n) is 4.38. The molecule has 1 aromatic carbocycles. The molecule has 2 atom stereocenters. The van der Waals surface area contributed by atoms with Crippen molar-refractivity contribution >= 4 is 23.5 Å². The van der Waals surface area contributed by atoms with Crippen LogP contribution in [0.2, 0.25) is 0 Å². The molecule has 1 aliphatic carbocycles. The van der Waals surface area contributed by atoms with Crippen LogP contribution in [0.25, 0.3) is 0 Å². The van der Waals surface area contributed by atoms with Crippen LogP contribution in [0.1, 0.15) is 63.9 Å². The van der Waals surface area contributed by atoms with Crippen molar-refractivity contribution in [1.29, 1.82) is 0 Å². The molecule has 2 aliphatic rings. The van der Waals surface area contributed by atoms with Crippen molar-refractivity contribution in [2.24, 2.45) is 0 Å². The number of nitrogens with one attached hydrogen (secondary N) is 1. The molecule has 1 aromatic rings. The van der Waals surface area contributed by atoms with Gasteiger partial charge in [0.25, 0.3) is 0 Å². The van der Waals surface area contributed by atoms with E-state index in [4.69, 9.17) is 9.47 Å². The smallest absolute Gasteiger partial charge is 0.302 e. The Morgan fingerprint density at radius 3 is 2.81 bits per heavy atom. The van der Waals surface area contributed by atoms with E-state index in [1.165, 1.54) is 6.92 Å². The Balaban J connectivity index is 1.42. The number of esters is 1. The zero-order chi connectivity index (χ0) is 22.9. The molecule has 1 saturated carbocycles. The van der Waals surface area contributed by atoms with Gasteiger partial charge in [0.2, 0.25) is 11.8 Å². The molecular weight excluding hydrogens is 412 g/mol. The monoisotopic (exact) mass is 446 g/mol. The second-order valence-corrected chi connectivity index (χ2v) is 8.57. The number of aryl methyl sites for hydroxylation is 1. The predicted molar refractivity (Wildman–Crippen MR) is 119 cm³/mol. The number of amides is 2. The van der Waals surface area contributed by atoms with E-state index >= 15 is 0 Å². The van der Waals surface area contributed by atoms with Crippen LogP contribution in [-0.4, -0.2) is 59.7 Å². The summed E-state index contributed by atoms with van der Waals surface area (Å²) < 4.78 is 10.9. The summed E-state index contributed by atoms with van der Waals surface area (Å²) >= 11 is 0. The summed E-state index contributed by atoms with van der Waals surface area (Å²) in [4.78, 5) is 37.2. The molecule has 3 rings (SSSR count). The molecule has 0 aromatic heterocycles. The molecule has 8 heteroatoms. The maximum atomic E-state index is 12.9. The van der Waals surface area contributed by atoms with E-state index in [9.17, 15) is 19.5 Å². The molecule has 1 fully saturated rings. The largest absolute Gasteiger partial charge is 0.494 e. The van der Waals surface area contributed by atoms with Crippen LogP contribution in [0.4, 0.5) is 5.69 Å². The number of hydrogen-bond donors (Lipinski definition) is 2. The molecule has 0 bridgehead atoms. The second kappa shape index (κ2) is 11.9. The fraction of sp³-hybridized carbons (Fsp3) is 0.625. The van der Waals surface area contributed by atoms with Crippen molar-refractivity contribution in [3.8, 4) is 5.75 Å². The highest BCUT2D eigenvalue weighted by atomic mass is 16.5. The highest BCUT2D eigenvalue weighted by Crippen LogP contribution is 2.27. The molecule has 1 aliphatic heterocycles. The van der Waals surface area contributed by atoms with Gasteiger partial charge in [0.05, 0.1) is 19.3 Å². The van der Waals surface area contributed by atoms with Crippen LogP contribution in [0.3, 0.4) is 0 Å². The summed E-state index contributed by atoms with van der Waals surface area (Å²) in [5.74, 6) is 0.481. The number of benzene rings is 1. The lowest BCUT2D eigenvalue weighted by Crippen LogP contribution is -2.45. The quantitative estimate of drug-likeness (QED) is 0.423. The topological polar surface area (TPSA) is 105 Å². The number of ether oxygens (including phenoxy) is 2. The van der Waals surface area contributed by atoms with Crippen molar-refractivity contribution in [1.82, 2.24) is 4.90 Å². The Labute approximate surface area is 189 Å². The summed E-state index contributed by atoms with van der Waals surface area (Å²) in [5.41, 5.74) is 1.93. The lowest BCUT2D eigenvalue weighted by Gasteiger charge is -2.36. The number of aliphatic hydroxyl groups excluding tert-OH is 1. The summed E-state index contributed by atoms with van der Waals surface area (Å²) in [5, 5.41) is 12.9. The van der Waals surface area contributed by atoms with Gasteiger partial charge in [0.1, 0.15) is 12.4 Å². The molecule has 0 spiro atoms. The average molecular weight is 447 g/mol. The Morgan fingerprint density at radius 2 is 2.03 bits per heavy atom. The van der Waals surface area contributed by atoms with Crippen LogP contribution < -0.4 is 10.1 Å². The number of hydrogen-bond acceptors (Lipinski definition) is 6. The van der Waals surface area contributed by atoms with Gasteiger partial charge < -0.3 is 24.8 Å². The Hall–Kier alpha value is -2.61. The molecular formula is C24H34N2O6. The van der Waals surface area contributed by atoms with E-state index in [1.54, 1.807) is 4.90 Å². The maximum absolute atomic E-state index is 12.9. The summed E-state index contributed by atoms with van der Waals surface area (Å²) in [7, 11) is 0. The van der Waals surface area contributed by atoms with E-state index in [2.05, 4.69) is 5.32 Å². The lowest BCUT2D eigenvalue weighted by molar-refractivity contribution is -0.145. The maximum Gasteiger partial charge on any atom is 0.302 e. The van der Waals surface area contributed by atoms with E-state index in [-0.39, 0.29) is 36.5 Å². The van der Waals surface area contributed by atoms with E-state index < -0.39 is 0 Å². The first-order valence-electron chi connectivity index (χ1n) is 11.6. The van der Waals surface area contributed by atoms with Gasteiger partial charge >= 0.3 is 5.97 Å². The molecule has 0 saturated heterocycles. The molecule has 0 radical (unpaired) electrons. The molecule has 1 heterocycles. The normalized spacial score (nSPS) is 20.1. The van der Waals surface area contributed by atoms with Gasteiger partial charge in [-0.2, -0.15) is 0 Å². The molecule has 32 heavy (non-hydrogen) atoms. The van der Waals surface area contributed by atoms with Crippen LogP contribution in [0, 0.1) is 0 Å². The Bertz CT molecular complexity index is 812. The first-order valence-corrected chi connectivity index (χ1v) is 11.6. The molecule has 2 unspecified atom stereocenters. The minimum absolute atomic E-state index is 0.00551. The Kier molecular flexibility index (Phi) is 8.90. The van der Waals surface area contributed by atoms with Crippen molar-refractivity contribution in [3.63, 3.8) is 0 Å². The van der Waals surface area contributed by atoms with Gasteiger partial charge in [-0.15, -0.1) is 0 Å². The molecule has 176 valence electrons. The van der Waals surface area contributed by atoms with Crippen molar-refractivity contribution in [3.05, 3.63) is 23.8 Å². The first kappa shape index (κ1) is 24.0. The highest BCUT2D eigenvalue weighted by molar-refractivity contribution is 5.94. The van der Waals surface area contributed by atoms with E-state index in [0.717, 1.165) is 42.7 Å². The highest BCUT2D eigenvalue weighted by Gasteiger charge is 2.28. The van der Waals surface area contributed by atoms with Gasteiger partial charge in [-0.3, -0.25) is 14.4 Å². The second-order valence-electron chi connectivity index (χ2n) is 8.57. The first-order chi connectivity index (χ1) is 15.4. The van der Waals surface area contributed by atoms with Crippen molar-refractivity contribution < 1.29 is 29.0 Å². The third-order valence-electron chi connectivity index (χ3n) is 6.04. The number of rotatable bonds is 10. The number of unbranched alkanes of at least 4 members (excludes halogenated alkanes) is 1. The van der Waals surface area contributed by atoms with Gasteiger partial charge in [-0.25, -0.2) is 0 Å². The van der Waals surface area contributed by atoms with Gasteiger partial charge in [0, 0.05) is 31.5 Å². The van der Waals surface area contributed by atoms with Crippen LogP contribution >= 0.6 is 0 Å². The Morgan fingerprint density at radius 1 is 1.19 bits per heavy atom. The van der Waals surface area contributed by atoms with Crippen molar-refractivity contribution in [2.45, 2.75) is 76.9 Å². The van der Waals surface area contributed by atoms with Gasteiger partial charge in [-0.05, 0) is 68.7 Å². The van der Waals surface area contributed by atoms with Gasteiger partial charge in [-0.1, -0.05) is 0 Å². The molecule has 2 amide bonds. The standard InChI is InChI=1S/C24H34N2O6/c1-17(27)31-14-12-26(19-5-4-6-20(28)16-19)24(30)7-2-3-13-32-21-9-10-22-18(15-21)8-11-23(29)25-22/h9-10,15,19-20,28H,2-8,11-14,16H2,1H3,(H,25,29). The summed E-state index contributed by atoms with van der Waals surface area (Å²) in [6.45, 7) is 2.40. The minimum Gasteiger partial charge on any atom is -0.494 e. The third kappa shape index (κ3) is 7.22. The SMILES string of the molecule is CC(=O)OCCN(C(=O)CCCCOc1ccc2c(c1)CCC(=O)N2)C1CCCC(O)C1. The van der Waals surface area contributed by atoms with Gasteiger partial charge in [0.15, 0.2) is 0 Å². The summed E-state index contributed by atoms with van der Waals surface area (Å²) in [6.07, 6.45) is 5.76. The number of nitrogens with zero attached hydrogens (tertiary/aromatic N) is 1. The third-order valence-corrected chi connectivity index (χ3v) is 6.04. The zero-order valence-electron chi connectivity index (χ0n) is 18.8. The van der Waals surface area contributed by atoms with Crippen LogP contribution in [-0.2, 0) is 25.5 Å². The lowest BCUT2D eigenvalue weighted by atomic mass is 9.91.